The second-order valence-corrected chi connectivity index (χ2v) is 9.17. The minimum atomic E-state index is -3.59. The van der Waals surface area contributed by atoms with Crippen molar-refractivity contribution in [3.8, 4) is 0 Å². The number of hydrogen-bond acceptors (Lipinski definition) is 5. The Morgan fingerprint density at radius 2 is 1.76 bits per heavy atom. The molecule has 2 N–H and O–H groups in total. The molecule has 2 aliphatic heterocycles. The monoisotopic (exact) mass is 422 g/mol. The topological polar surface area (TPSA) is 116 Å². The van der Waals surface area contributed by atoms with Crippen LogP contribution in [-0.4, -0.2) is 67.7 Å². The molecule has 158 valence electrons. The van der Waals surface area contributed by atoms with E-state index in [1.807, 2.05) is 12.1 Å². The summed E-state index contributed by atoms with van der Waals surface area (Å²) < 4.78 is 27.1. The van der Waals surface area contributed by atoms with E-state index in [1.165, 1.54) is 4.31 Å². The smallest absolute Gasteiger partial charge is 0.322 e. The number of nitrogens with one attached hydrogen (secondary N) is 2. The van der Waals surface area contributed by atoms with Gasteiger partial charge in [0.15, 0.2) is 0 Å². The Morgan fingerprint density at radius 1 is 1.10 bits per heavy atom. The molecule has 0 aliphatic carbocycles. The Hall–Kier alpha value is -2.46. The van der Waals surface area contributed by atoms with Crippen molar-refractivity contribution in [2.24, 2.45) is 0 Å². The lowest BCUT2D eigenvalue weighted by Crippen LogP contribution is -2.50. The Labute approximate surface area is 170 Å². The van der Waals surface area contributed by atoms with Gasteiger partial charge in [0.25, 0.3) is 5.91 Å². The molecule has 4 amide bonds. The van der Waals surface area contributed by atoms with Gasteiger partial charge in [0.05, 0.1) is 4.90 Å². The van der Waals surface area contributed by atoms with Gasteiger partial charge in [-0.15, -0.1) is 0 Å². The number of carbonyl (C=O) groups is 3. The fourth-order valence-electron chi connectivity index (χ4n) is 3.53. The zero-order chi connectivity index (χ0) is 21.0. The van der Waals surface area contributed by atoms with Gasteiger partial charge in [-0.05, 0) is 30.5 Å². The van der Waals surface area contributed by atoms with Crippen molar-refractivity contribution in [2.45, 2.75) is 43.5 Å². The van der Waals surface area contributed by atoms with Crippen LogP contribution in [0.3, 0.4) is 0 Å². The standard InChI is InChI=1S/C19H26N4O5S/c1-2-3-14-4-6-15(7-5-14)29(27,28)23-12-10-22(11-13-23)17(24)9-8-16-18(25)21-19(26)20-16/h4-7,16H,2-3,8-13H2,1H3,(H2,20,21,25,26)/t16-/m1/s1. The number of nitrogens with zero attached hydrogens (tertiary/aromatic N) is 2. The van der Waals surface area contributed by atoms with Crippen molar-refractivity contribution in [3.63, 3.8) is 0 Å². The van der Waals surface area contributed by atoms with Gasteiger partial charge >= 0.3 is 6.03 Å². The molecular formula is C19H26N4O5S. The van der Waals surface area contributed by atoms with Gasteiger partial charge < -0.3 is 10.2 Å². The summed E-state index contributed by atoms with van der Waals surface area (Å²) in [6.07, 6.45) is 2.25. The van der Waals surface area contributed by atoms with Crippen LogP contribution in [0.25, 0.3) is 0 Å². The van der Waals surface area contributed by atoms with Gasteiger partial charge in [-0.2, -0.15) is 4.31 Å². The molecule has 10 heteroatoms. The maximum absolute atomic E-state index is 12.8. The third-order valence-electron chi connectivity index (χ3n) is 5.20. The number of urea groups is 1. The van der Waals surface area contributed by atoms with Crippen molar-refractivity contribution < 1.29 is 22.8 Å². The zero-order valence-electron chi connectivity index (χ0n) is 16.4. The van der Waals surface area contributed by atoms with E-state index in [1.54, 1.807) is 17.0 Å². The van der Waals surface area contributed by atoms with E-state index < -0.39 is 28.0 Å². The van der Waals surface area contributed by atoms with Crippen LogP contribution in [0.4, 0.5) is 4.79 Å². The van der Waals surface area contributed by atoms with E-state index in [-0.39, 0.29) is 36.7 Å². The van der Waals surface area contributed by atoms with Gasteiger partial charge in [-0.25, -0.2) is 13.2 Å². The van der Waals surface area contributed by atoms with Crippen molar-refractivity contribution in [3.05, 3.63) is 29.8 Å². The van der Waals surface area contributed by atoms with Crippen LogP contribution in [0, 0.1) is 0 Å². The van der Waals surface area contributed by atoms with Crippen LogP contribution < -0.4 is 10.6 Å². The lowest BCUT2D eigenvalue weighted by atomic mass is 10.1. The molecule has 2 aliphatic rings. The van der Waals surface area contributed by atoms with Crippen molar-refractivity contribution in [1.29, 1.82) is 0 Å². The molecule has 0 bridgehead atoms. The third kappa shape index (κ3) is 4.94. The molecular weight excluding hydrogens is 396 g/mol. The number of sulfonamides is 1. The number of piperazine rings is 1. The summed E-state index contributed by atoms with van der Waals surface area (Å²) in [5.74, 6) is -0.580. The average Bonchev–Trinajstić information content (AvgIpc) is 3.04. The highest BCUT2D eigenvalue weighted by atomic mass is 32.2. The van der Waals surface area contributed by atoms with Gasteiger partial charge in [0.1, 0.15) is 6.04 Å². The molecule has 0 spiro atoms. The van der Waals surface area contributed by atoms with Crippen LogP contribution in [0.15, 0.2) is 29.2 Å². The van der Waals surface area contributed by atoms with Crippen LogP contribution in [0.5, 0.6) is 0 Å². The molecule has 1 aromatic rings. The second-order valence-electron chi connectivity index (χ2n) is 7.23. The van der Waals surface area contributed by atoms with E-state index in [2.05, 4.69) is 17.6 Å². The SMILES string of the molecule is CCCc1ccc(S(=O)(=O)N2CCN(C(=O)CC[C@H]3NC(=O)NC3=O)CC2)cc1. The first-order valence-electron chi connectivity index (χ1n) is 9.79. The molecule has 0 saturated carbocycles. The molecule has 0 unspecified atom stereocenters. The molecule has 9 nitrogen and oxygen atoms in total. The fourth-order valence-corrected chi connectivity index (χ4v) is 4.95. The fraction of sp³-hybridized carbons (Fsp3) is 0.526. The number of carbonyl (C=O) groups excluding carboxylic acids is 3. The summed E-state index contributed by atoms with van der Waals surface area (Å²) in [6, 6.07) is 5.72. The summed E-state index contributed by atoms with van der Waals surface area (Å²) in [7, 11) is -3.59. The van der Waals surface area contributed by atoms with E-state index in [0.29, 0.717) is 13.1 Å². The van der Waals surface area contributed by atoms with E-state index in [4.69, 9.17) is 0 Å². The predicted octanol–water partition coefficient (Wildman–Crippen LogP) is 0.460. The van der Waals surface area contributed by atoms with E-state index in [9.17, 15) is 22.8 Å². The quantitative estimate of drug-likeness (QED) is 0.620. The van der Waals surface area contributed by atoms with E-state index in [0.717, 1.165) is 18.4 Å². The second kappa shape index (κ2) is 8.91. The summed E-state index contributed by atoms with van der Waals surface area (Å²) in [5.41, 5.74) is 1.11. The lowest BCUT2D eigenvalue weighted by molar-refractivity contribution is -0.132. The Bertz CT molecular complexity index is 876. The number of hydrogen-bond donors (Lipinski definition) is 2. The highest BCUT2D eigenvalue weighted by Crippen LogP contribution is 2.19. The van der Waals surface area contributed by atoms with Crippen LogP contribution in [-0.2, 0) is 26.0 Å². The maximum Gasteiger partial charge on any atom is 0.322 e. The molecule has 29 heavy (non-hydrogen) atoms. The summed E-state index contributed by atoms with van der Waals surface area (Å²) in [4.78, 5) is 36.9. The molecule has 0 aromatic heterocycles. The molecule has 2 fully saturated rings. The zero-order valence-corrected chi connectivity index (χ0v) is 17.2. The van der Waals surface area contributed by atoms with Gasteiger partial charge in [0, 0.05) is 32.6 Å². The van der Waals surface area contributed by atoms with E-state index >= 15 is 0 Å². The predicted molar refractivity (Wildman–Crippen MR) is 105 cm³/mol. The average molecular weight is 423 g/mol. The number of aryl methyl sites for hydroxylation is 1. The third-order valence-corrected chi connectivity index (χ3v) is 7.11. The first kappa shape index (κ1) is 21.3. The van der Waals surface area contributed by atoms with Crippen LogP contribution >= 0.6 is 0 Å². The highest BCUT2D eigenvalue weighted by Gasteiger charge is 2.32. The Kier molecular flexibility index (Phi) is 6.53. The molecule has 1 aromatic carbocycles. The molecule has 2 saturated heterocycles. The van der Waals surface area contributed by atoms with Gasteiger partial charge in [-0.1, -0.05) is 25.5 Å². The summed E-state index contributed by atoms with van der Waals surface area (Å²) in [5, 5.41) is 4.59. The number of amides is 4. The summed E-state index contributed by atoms with van der Waals surface area (Å²) >= 11 is 0. The Morgan fingerprint density at radius 3 is 2.31 bits per heavy atom. The van der Waals surface area contributed by atoms with Crippen molar-refractivity contribution in [1.82, 2.24) is 19.8 Å². The van der Waals surface area contributed by atoms with Crippen LogP contribution in [0.1, 0.15) is 31.7 Å². The normalized spacial score (nSPS) is 20.4. The van der Waals surface area contributed by atoms with Gasteiger partial charge in [-0.3, -0.25) is 14.9 Å². The number of rotatable bonds is 7. The number of imide groups is 1. The maximum atomic E-state index is 12.8. The summed E-state index contributed by atoms with van der Waals surface area (Å²) in [6.45, 7) is 3.13. The molecule has 1 atom stereocenters. The first-order valence-corrected chi connectivity index (χ1v) is 11.2. The number of benzene rings is 1. The molecule has 3 rings (SSSR count). The lowest BCUT2D eigenvalue weighted by Gasteiger charge is -2.34. The van der Waals surface area contributed by atoms with Crippen LogP contribution in [0.2, 0.25) is 0 Å². The molecule has 0 radical (unpaired) electrons. The largest absolute Gasteiger partial charge is 0.340 e. The van der Waals surface area contributed by atoms with Gasteiger partial charge in [0.2, 0.25) is 15.9 Å². The van der Waals surface area contributed by atoms with Crippen molar-refractivity contribution >= 4 is 27.9 Å². The highest BCUT2D eigenvalue weighted by molar-refractivity contribution is 7.89. The Balaban J connectivity index is 1.52. The molecule has 2 heterocycles. The minimum absolute atomic E-state index is 0.115. The first-order chi connectivity index (χ1) is 13.8. The minimum Gasteiger partial charge on any atom is -0.340 e. The van der Waals surface area contributed by atoms with Crippen molar-refractivity contribution in [2.75, 3.05) is 26.2 Å².